The van der Waals surface area contributed by atoms with E-state index in [0.717, 1.165) is 0 Å². The molecule has 2 N–H and O–H groups in total. The quantitative estimate of drug-likeness (QED) is 0.455. The maximum absolute atomic E-state index is 3.27. The molecule has 0 aromatic heterocycles. The Morgan fingerprint density at radius 3 is 3.22 bits per heavy atom. The molecule has 9 heavy (non-hydrogen) atoms. The third kappa shape index (κ3) is 0.884. The van der Waals surface area contributed by atoms with Gasteiger partial charge in [-0.25, -0.2) is 0 Å². The van der Waals surface area contributed by atoms with Gasteiger partial charge in [0.2, 0.25) is 0 Å². The van der Waals surface area contributed by atoms with Crippen LogP contribution in [0.15, 0.2) is 12.2 Å². The molecular weight excluding hydrogens is 112 g/mol. The fourth-order valence-electron chi connectivity index (χ4n) is 1.44. The average Bonchev–Trinajstić information content (AvgIpc) is 2.33. The number of rotatable bonds is 0. The SMILES string of the molecule is [CH]1NC2C=CCCC2N1. The lowest BCUT2D eigenvalue weighted by Gasteiger charge is -2.18. The van der Waals surface area contributed by atoms with Gasteiger partial charge in [0.15, 0.2) is 0 Å². The molecule has 2 heteroatoms. The van der Waals surface area contributed by atoms with Crippen LogP contribution in [0.2, 0.25) is 0 Å². The standard InChI is InChI=1S/C7H11N2/c1-2-4-7-6(3-1)8-5-9-7/h1,3,5-9H,2,4H2. The van der Waals surface area contributed by atoms with E-state index in [2.05, 4.69) is 22.8 Å². The van der Waals surface area contributed by atoms with Crippen molar-refractivity contribution in [3.8, 4) is 0 Å². The summed E-state index contributed by atoms with van der Waals surface area (Å²) in [5.41, 5.74) is 0. The van der Waals surface area contributed by atoms with E-state index in [9.17, 15) is 0 Å². The van der Waals surface area contributed by atoms with Gasteiger partial charge in [0, 0.05) is 12.1 Å². The van der Waals surface area contributed by atoms with Gasteiger partial charge in [0.05, 0.1) is 6.67 Å². The van der Waals surface area contributed by atoms with Crippen molar-refractivity contribution in [2.45, 2.75) is 24.9 Å². The molecule has 0 bridgehead atoms. The van der Waals surface area contributed by atoms with E-state index in [0.29, 0.717) is 12.1 Å². The zero-order chi connectivity index (χ0) is 6.10. The topological polar surface area (TPSA) is 24.1 Å². The summed E-state index contributed by atoms with van der Waals surface area (Å²) >= 11 is 0. The lowest BCUT2D eigenvalue weighted by atomic mass is 9.99. The smallest absolute Gasteiger partial charge is 0.0874 e. The van der Waals surface area contributed by atoms with Crippen LogP contribution in [0.3, 0.4) is 0 Å². The summed E-state index contributed by atoms with van der Waals surface area (Å²) in [7, 11) is 0. The molecule has 1 aliphatic heterocycles. The summed E-state index contributed by atoms with van der Waals surface area (Å²) in [6.07, 6.45) is 6.98. The fraction of sp³-hybridized carbons (Fsp3) is 0.571. The Morgan fingerprint density at radius 1 is 1.33 bits per heavy atom. The Balaban J connectivity index is 2.10. The van der Waals surface area contributed by atoms with E-state index in [-0.39, 0.29) is 0 Å². The Labute approximate surface area is 55.3 Å². The van der Waals surface area contributed by atoms with E-state index in [1.807, 2.05) is 6.67 Å². The van der Waals surface area contributed by atoms with Gasteiger partial charge in [-0.3, -0.25) is 10.6 Å². The molecule has 2 atom stereocenters. The number of hydrogen-bond donors (Lipinski definition) is 2. The molecule has 1 saturated heterocycles. The molecule has 2 aliphatic rings. The third-order valence-corrected chi connectivity index (χ3v) is 1.99. The Bertz CT molecular complexity index is 131. The summed E-state index contributed by atoms with van der Waals surface area (Å²) in [6.45, 7) is 1.95. The van der Waals surface area contributed by atoms with Crippen LogP contribution in [-0.2, 0) is 0 Å². The number of hydrogen-bond acceptors (Lipinski definition) is 2. The number of allylic oxidation sites excluding steroid dienone is 1. The molecule has 2 nitrogen and oxygen atoms in total. The highest BCUT2D eigenvalue weighted by atomic mass is 15.2. The van der Waals surface area contributed by atoms with Gasteiger partial charge in [0.1, 0.15) is 0 Å². The highest BCUT2D eigenvalue weighted by molar-refractivity contribution is 5.09. The van der Waals surface area contributed by atoms with Gasteiger partial charge in [-0.2, -0.15) is 0 Å². The summed E-state index contributed by atoms with van der Waals surface area (Å²) in [5.74, 6) is 0. The monoisotopic (exact) mass is 123 g/mol. The van der Waals surface area contributed by atoms with Crippen LogP contribution in [0.4, 0.5) is 0 Å². The van der Waals surface area contributed by atoms with Crippen LogP contribution < -0.4 is 10.6 Å². The maximum atomic E-state index is 3.27. The first-order chi connectivity index (χ1) is 4.47. The van der Waals surface area contributed by atoms with E-state index in [4.69, 9.17) is 0 Å². The molecule has 1 heterocycles. The molecule has 0 aromatic rings. The van der Waals surface area contributed by atoms with Gasteiger partial charge < -0.3 is 0 Å². The second kappa shape index (κ2) is 2.12. The largest absolute Gasteiger partial charge is 0.295 e. The molecule has 0 amide bonds. The van der Waals surface area contributed by atoms with Crippen molar-refractivity contribution in [3.05, 3.63) is 18.8 Å². The molecular formula is C7H11N2. The van der Waals surface area contributed by atoms with Gasteiger partial charge in [-0.15, -0.1) is 0 Å². The van der Waals surface area contributed by atoms with Gasteiger partial charge in [-0.1, -0.05) is 12.2 Å². The first kappa shape index (κ1) is 5.45. The molecule has 2 unspecified atom stereocenters. The zero-order valence-corrected chi connectivity index (χ0v) is 5.30. The van der Waals surface area contributed by atoms with Crippen molar-refractivity contribution >= 4 is 0 Å². The normalized spacial score (nSPS) is 40.9. The molecule has 0 saturated carbocycles. The maximum Gasteiger partial charge on any atom is 0.0874 e. The molecule has 2 rings (SSSR count). The minimum Gasteiger partial charge on any atom is -0.295 e. The molecule has 1 aliphatic carbocycles. The van der Waals surface area contributed by atoms with Crippen LogP contribution in [0.1, 0.15) is 12.8 Å². The summed E-state index contributed by atoms with van der Waals surface area (Å²) in [6, 6.07) is 1.23. The van der Waals surface area contributed by atoms with Crippen molar-refractivity contribution in [2.24, 2.45) is 0 Å². The second-order valence-electron chi connectivity index (χ2n) is 2.62. The van der Waals surface area contributed by atoms with E-state index in [1.54, 1.807) is 0 Å². The second-order valence-corrected chi connectivity index (χ2v) is 2.62. The van der Waals surface area contributed by atoms with Crippen molar-refractivity contribution in [2.75, 3.05) is 0 Å². The third-order valence-electron chi connectivity index (χ3n) is 1.99. The van der Waals surface area contributed by atoms with Crippen LogP contribution >= 0.6 is 0 Å². The van der Waals surface area contributed by atoms with Gasteiger partial charge in [0.25, 0.3) is 0 Å². The highest BCUT2D eigenvalue weighted by Crippen LogP contribution is 2.15. The number of nitrogens with one attached hydrogen (secondary N) is 2. The minimum atomic E-state index is 0.568. The van der Waals surface area contributed by atoms with Crippen LogP contribution in [0, 0.1) is 6.67 Å². The zero-order valence-electron chi connectivity index (χ0n) is 5.30. The Morgan fingerprint density at radius 2 is 2.33 bits per heavy atom. The lowest BCUT2D eigenvalue weighted by Crippen LogP contribution is -2.33. The predicted octanol–water partition coefficient (Wildman–Crippen LogP) is 0.386. The lowest BCUT2D eigenvalue weighted by molar-refractivity contribution is 0.522. The number of fused-ring (bicyclic) bond motifs is 1. The van der Waals surface area contributed by atoms with E-state index < -0.39 is 0 Å². The van der Waals surface area contributed by atoms with Crippen LogP contribution in [-0.4, -0.2) is 12.1 Å². The first-order valence-electron chi connectivity index (χ1n) is 3.47. The Kier molecular flexibility index (Phi) is 1.28. The van der Waals surface area contributed by atoms with Crippen molar-refractivity contribution in [1.82, 2.24) is 10.6 Å². The summed E-state index contributed by atoms with van der Waals surface area (Å²) in [4.78, 5) is 0. The minimum absolute atomic E-state index is 0.568. The molecule has 49 valence electrons. The van der Waals surface area contributed by atoms with Crippen molar-refractivity contribution in [3.63, 3.8) is 0 Å². The summed E-state index contributed by atoms with van der Waals surface area (Å²) < 4.78 is 0. The van der Waals surface area contributed by atoms with Crippen molar-refractivity contribution in [1.29, 1.82) is 0 Å². The van der Waals surface area contributed by atoms with Crippen molar-refractivity contribution < 1.29 is 0 Å². The van der Waals surface area contributed by atoms with Crippen LogP contribution in [0.5, 0.6) is 0 Å². The van der Waals surface area contributed by atoms with E-state index >= 15 is 0 Å². The highest BCUT2D eigenvalue weighted by Gasteiger charge is 2.25. The van der Waals surface area contributed by atoms with E-state index in [1.165, 1.54) is 12.8 Å². The molecule has 1 fully saturated rings. The Hall–Kier alpha value is -0.340. The van der Waals surface area contributed by atoms with Crippen LogP contribution in [0.25, 0.3) is 0 Å². The molecule has 0 spiro atoms. The molecule has 1 radical (unpaired) electrons. The average molecular weight is 123 g/mol. The molecule has 0 aromatic carbocycles. The predicted molar refractivity (Wildman–Crippen MR) is 36.5 cm³/mol. The fourth-order valence-corrected chi connectivity index (χ4v) is 1.44. The first-order valence-corrected chi connectivity index (χ1v) is 3.47. The van der Waals surface area contributed by atoms with Gasteiger partial charge in [-0.05, 0) is 12.8 Å². The van der Waals surface area contributed by atoms with Gasteiger partial charge >= 0.3 is 0 Å². The summed E-state index contributed by atoms with van der Waals surface area (Å²) in [5, 5.41) is 6.51.